The van der Waals surface area contributed by atoms with Crippen LogP contribution in [-0.4, -0.2) is 138 Å². The molecule has 0 radical (unpaired) electrons. The Morgan fingerprint density at radius 3 is 1.66 bits per heavy atom. The van der Waals surface area contributed by atoms with Gasteiger partial charge in [0.05, 0.1) is 13.2 Å². The van der Waals surface area contributed by atoms with Crippen LogP contribution < -0.4 is 0 Å². The minimum Gasteiger partial charge on any atom is -0.473 e. The highest BCUT2D eigenvalue weighted by atomic mass is 16.7. The lowest BCUT2D eigenvalue weighted by molar-refractivity contribution is -0.355. The van der Waals surface area contributed by atoms with Crippen LogP contribution in [0.1, 0.15) is 0 Å². The number of hydrogen-bond acceptors (Lipinski definition) is 13. The summed E-state index contributed by atoms with van der Waals surface area (Å²) in [6, 6.07) is 0. The smallest absolute Gasteiger partial charge is 0.414 e. The second kappa shape index (κ2) is 11.0. The maximum atomic E-state index is 9.94. The first-order valence-electron chi connectivity index (χ1n) is 8.18. The van der Waals surface area contributed by atoms with E-state index in [1.54, 1.807) is 0 Å². The predicted octanol–water partition coefficient (Wildman–Crippen LogP) is -6.24. The molecule has 2 fully saturated rings. The number of hydrogen-bond donors (Lipinski definition) is 10. The van der Waals surface area contributed by atoms with Crippen LogP contribution in [0.4, 0.5) is 0 Å². The van der Waals surface area contributed by atoms with Gasteiger partial charge in [-0.2, -0.15) is 0 Å². The second-order valence-corrected chi connectivity index (χ2v) is 6.14. The number of ether oxygens (including phenoxy) is 3. The van der Waals surface area contributed by atoms with Gasteiger partial charge in [-0.1, -0.05) is 0 Å². The minimum atomic E-state index is -1.82. The Morgan fingerprint density at radius 2 is 1.21 bits per heavy atom. The van der Waals surface area contributed by atoms with Gasteiger partial charge in [0.25, 0.3) is 0 Å². The third kappa shape index (κ3) is 6.24. The number of rotatable bonds is 4. The fourth-order valence-corrected chi connectivity index (χ4v) is 2.57. The second-order valence-electron chi connectivity index (χ2n) is 6.14. The average Bonchev–Trinajstić information content (AvgIpc) is 2.68. The quantitative estimate of drug-likeness (QED) is 0.185. The number of carbonyl (C=O) groups is 2. The first-order valence-corrected chi connectivity index (χ1v) is 8.18. The highest BCUT2D eigenvalue weighted by Gasteiger charge is 2.50. The summed E-state index contributed by atoms with van der Waals surface area (Å²) in [5.41, 5.74) is 0. The Kier molecular flexibility index (Phi) is 9.73. The van der Waals surface area contributed by atoms with Crippen LogP contribution in [0.2, 0.25) is 0 Å². The van der Waals surface area contributed by atoms with E-state index in [-0.39, 0.29) is 0 Å². The lowest BCUT2D eigenvalue weighted by atomic mass is 9.97. The van der Waals surface area contributed by atoms with Crippen molar-refractivity contribution in [2.24, 2.45) is 0 Å². The molecule has 0 amide bonds. The molecular weight excluding hydrogens is 408 g/mol. The van der Waals surface area contributed by atoms with Gasteiger partial charge in [0.2, 0.25) is 0 Å². The van der Waals surface area contributed by atoms with Gasteiger partial charge in [0.15, 0.2) is 12.6 Å². The van der Waals surface area contributed by atoms with E-state index in [1.807, 2.05) is 0 Å². The summed E-state index contributed by atoms with van der Waals surface area (Å²) >= 11 is 0. The standard InChI is InChI=1S/C12H22O11.C2H2O4/c13-1-3-5(15)6(16)9(19)12(22-3)23-10-4(2-14)21-11(20)8(18)7(10)17;3-1(4)2(5)6/h3-20H,1-2H2;(H,3,4)(H,5,6)/t3-,4-,5+,6+,7-,8-,9-,10-,11+,12+;/m1./s1. The highest BCUT2D eigenvalue weighted by molar-refractivity contribution is 6.27. The summed E-state index contributed by atoms with van der Waals surface area (Å²) in [5, 5.41) is 91.3. The summed E-state index contributed by atoms with van der Waals surface area (Å²) in [6.45, 7) is -1.35. The lowest BCUT2D eigenvalue weighted by Gasteiger charge is -2.45. The highest BCUT2D eigenvalue weighted by Crippen LogP contribution is 2.28. The Bertz CT molecular complexity index is 527. The molecule has 2 heterocycles. The summed E-state index contributed by atoms with van der Waals surface area (Å²) in [7, 11) is 0. The molecule has 2 aliphatic heterocycles. The van der Waals surface area contributed by atoms with Gasteiger partial charge in [0.1, 0.15) is 48.8 Å². The molecular formula is C14H24O15. The summed E-state index contributed by atoms with van der Waals surface area (Å²) in [6.07, 6.45) is -15.6. The van der Waals surface area contributed by atoms with E-state index in [9.17, 15) is 35.7 Å². The molecule has 0 aromatic rings. The van der Waals surface area contributed by atoms with Crippen LogP contribution in [0, 0.1) is 0 Å². The van der Waals surface area contributed by atoms with E-state index in [0.717, 1.165) is 0 Å². The molecule has 0 saturated carbocycles. The van der Waals surface area contributed by atoms with Gasteiger partial charge in [-0.15, -0.1) is 0 Å². The number of carboxylic acids is 2. The summed E-state index contributed by atoms with van der Waals surface area (Å²) < 4.78 is 15.3. The molecule has 15 heteroatoms. The molecule has 0 aromatic carbocycles. The summed E-state index contributed by atoms with van der Waals surface area (Å²) in [5.74, 6) is -3.65. The zero-order chi connectivity index (χ0) is 22.5. The topological polar surface area (TPSA) is 264 Å². The molecule has 0 bridgehead atoms. The van der Waals surface area contributed by atoms with Crippen LogP contribution >= 0.6 is 0 Å². The van der Waals surface area contributed by atoms with Gasteiger partial charge < -0.3 is 65.3 Å². The molecule has 0 aromatic heterocycles. The van der Waals surface area contributed by atoms with E-state index in [1.165, 1.54) is 0 Å². The van der Waals surface area contributed by atoms with Crippen molar-refractivity contribution >= 4 is 11.9 Å². The van der Waals surface area contributed by atoms with Gasteiger partial charge >= 0.3 is 11.9 Å². The molecule has 10 atom stereocenters. The molecule has 29 heavy (non-hydrogen) atoms. The van der Waals surface area contributed by atoms with Crippen LogP contribution in [0.25, 0.3) is 0 Å². The van der Waals surface area contributed by atoms with Crippen molar-refractivity contribution in [2.75, 3.05) is 13.2 Å². The molecule has 2 aliphatic rings. The van der Waals surface area contributed by atoms with Gasteiger partial charge in [-0.05, 0) is 0 Å². The Labute approximate surface area is 162 Å². The van der Waals surface area contributed by atoms with Crippen molar-refractivity contribution < 1.29 is 74.9 Å². The zero-order valence-corrected chi connectivity index (χ0v) is 14.7. The van der Waals surface area contributed by atoms with Crippen molar-refractivity contribution in [2.45, 2.75) is 61.4 Å². The number of carboxylic acid groups (broad SMARTS) is 2. The zero-order valence-electron chi connectivity index (χ0n) is 14.7. The van der Waals surface area contributed by atoms with Crippen molar-refractivity contribution in [1.82, 2.24) is 0 Å². The van der Waals surface area contributed by atoms with Crippen LogP contribution in [0.3, 0.4) is 0 Å². The molecule has 10 N–H and O–H groups in total. The van der Waals surface area contributed by atoms with Gasteiger partial charge in [0, 0.05) is 0 Å². The van der Waals surface area contributed by atoms with Crippen molar-refractivity contribution in [3.05, 3.63) is 0 Å². The number of aliphatic hydroxyl groups excluding tert-OH is 8. The maximum Gasteiger partial charge on any atom is 0.414 e. The summed E-state index contributed by atoms with van der Waals surface area (Å²) in [4.78, 5) is 18.2. The maximum absolute atomic E-state index is 9.94. The first-order chi connectivity index (χ1) is 13.5. The molecule has 15 nitrogen and oxygen atoms in total. The Hall–Kier alpha value is -1.50. The number of aliphatic carboxylic acids is 2. The molecule has 0 aliphatic carbocycles. The third-order valence-electron chi connectivity index (χ3n) is 4.16. The van der Waals surface area contributed by atoms with Crippen LogP contribution in [0.15, 0.2) is 0 Å². The Morgan fingerprint density at radius 1 is 0.690 bits per heavy atom. The predicted molar refractivity (Wildman–Crippen MR) is 83.9 cm³/mol. The minimum absolute atomic E-state index is 0.667. The molecule has 170 valence electrons. The van der Waals surface area contributed by atoms with Crippen LogP contribution in [-0.2, 0) is 23.8 Å². The molecule has 0 spiro atoms. The van der Waals surface area contributed by atoms with E-state index < -0.39 is 86.6 Å². The fourth-order valence-electron chi connectivity index (χ4n) is 2.57. The first kappa shape index (κ1) is 25.5. The number of aliphatic hydroxyl groups is 8. The van der Waals surface area contributed by atoms with Crippen molar-refractivity contribution in [1.29, 1.82) is 0 Å². The van der Waals surface area contributed by atoms with Crippen molar-refractivity contribution in [3.8, 4) is 0 Å². The molecule has 0 unspecified atom stereocenters. The van der Waals surface area contributed by atoms with Gasteiger partial charge in [-0.25, -0.2) is 9.59 Å². The average molecular weight is 432 g/mol. The van der Waals surface area contributed by atoms with E-state index in [4.69, 9.17) is 39.1 Å². The van der Waals surface area contributed by atoms with E-state index >= 15 is 0 Å². The molecule has 2 saturated heterocycles. The Balaban J connectivity index is 0.000000612. The van der Waals surface area contributed by atoms with Crippen LogP contribution in [0.5, 0.6) is 0 Å². The van der Waals surface area contributed by atoms with Gasteiger partial charge in [-0.3, -0.25) is 0 Å². The fraction of sp³-hybridized carbons (Fsp3) is 0.857. The largest absolute Gasteiger partial charge is 0.473 e. The SMILES string of the molecule is O=C(O)C(=O)O.OC[C@H]1O[C@@H](O[C@H]2[C@H](O)[C@@H](O)[C@@H](O)O[C@@H]2CO)[C@H](O)[C@@H](O)[C@H]1O. The van der Waals surface area contributed by atoms with E-state index in [0.29, 0.717) is 0 Å². The van der Waals surface area contributed by atoms with Crippen molar-refractivity contribution in [3.63, 3.8) is 0 Å². The molecule has 2 rings (SSSR count). The van der Waals surface area contributed by atoms with E-state index in [2.05, 4.69) is 0 Å². The lowest BCUT2D eigenvalue weighted by Crippen LogP contribution is -2.64. The third-order valence-corrected chi connectivity index (χ3v) is 4.16. The normalized spacial score (nSPS) is 42.5. The monoisotopic (exact) mass is 432 g/mol.